The van der Waals surface area contributed by atoms with Crippen molar-refractivity contribution in [3.8, 4) is 6.07 Å². The first-order valence-electron chi connectivity index (χ1n) is 9.73. The summed E-state index contributed by atoms with van der Waals surface area (Å²) >= 11 is 1.37. The lowest BCUT2D eigenvalue weighted by Crippen LogP contribution is -2.40. The molecule has 1 saturated heterocycles. The number of nitriles is 1. The number of hydrogen-bond donors (Lipinski definition) is 2. The Hall–Kier alpha value is -2.57. The first kappa shape index (κ1) is 21.1. The first-order valence-corrected chi connectivity index (χ1v) is 10.6. The summed E-state index contributed by atoms with van der Waals surface area (Å²) in [5, 5.41) is 17.4. The average Bonchev–Trinajstić information content (AvgIpc) is 3.09. The van der Waals surface area contributed by atoms with Crippen LogP contribution in [0, 0.1) is 18.3 Å². The Balaban J connectivity index is 1.72. The van der Waals surface area contributed by atoms with E-state index in [-0.39, 0.29) is 17.4 Å². The number of piperidine rings is 1. The molecule has 1 fully saturated rings. The minimum absolute atomic E-state index is 0.193. The molecular weight excluding hydrogens is 386 g/mol. The van der Waals surface area contributed by atoms with Crippen LogP contribution in [0.5, 0.6) is 0 Å². The van der Waals surface area contributed by atoms with Crippen LogP contribution >= 0.6 is 11.3 Å². The second-order valence-corrected chi connectivity index (χ2v) is 9.21. The number of hydrogen-bond acceptors (Lipinski definition) is 8. The van der Waals surface area contributed by atoms with Crippen molar-refractivity contribution in [1.82, 2.24) is 25.2 Å². The molecule has 8 nitrogen and oxygen atoms in total. The summed E-state index contributed by atoms with van der Waals surface area (Å²) < 4.78 is 0. The monoisotopic (exact) mass is 413 g/mol. The zero-order valence-electron chi connectivity index (χ0n) is 17.3. The summed E-state index contributed by atoms with van der Waals surface area (Å²) in [5.41, 5.74) is 0.946. The van der Waals surface area contributed by atoms with Crippen molar-refractivity contribution in [2.45, 2.75) is 52.0 Å². The maximum Gasteiger partial charge on any atom is 0.271 e. The van der Waals surface area contributed by atoms with Crippen molar-refractivity contribution in [2.75, 3.05) is 25.0 Å². The third-order valence-corrected chi connectivity index (χ3v) is 5.25. The van der Waals surface area contributed by atoms with Crippen LogP contribution in [0.15, 0.2) is 11.4 Å². The van der Waals surface area contributed by atoms with Gasteiger partial charge in [0.25, 0.3) is 5.91 Å². The molecular formula is C20H27N7OS. The van der Waals surface area contributed by atoms with Crippen LogP contribution in [0.3, 0.4) is 0 Å². The Morgan fingerprint density at radius 1 is 1.38 bits per heavy atom. The fourth-order valence-electron chi connectivity index (χ4n) is 3.30. The molecule has 0 aliphatic carbocycles. The molecule has 0 radical (unpaired) electrons. The molecule has 1 amide bonds. The minimum atomic E-state index is -0.313. The van der Waals surface area contributed by atoms with E-state index in [0.717, 1.165) is 37.4 Å². The zero-order valence-corrected chi connectivity index (χ0v) is 18.1. The van der Waals surface area contributed by atoms with Gasteiger partial charge in [0.2, 0.25) is 0 Å². The number of anilines is 2. The number of aryl methyl sites for hydroxylation is 1. The maximum atomic E-state index is 12.3. The zero-order chi connectivity index (χ0) is 21.0. The van der Waals surface area contributed by atoms with E-state index in [1.54, 1.807) is 5.38 Å². The largest absolute Gasteiger partial charge is 0.346 e. The number of rotatable bonds is 5. The van der Waals surface area contributed by atoms with Gasteiger partial charge < -0.3 is 10.6 Å². The highest BCUT2D eigenvalue weighted by Gasteiger charge is 2.24. The Morgan fingerprint density at radius 3 is 2.90 bits per heavy atom. The van der Waals surface area contributed by atoms with Crippen molar-refractivity contribution in [3.05, 3.63) is 28.7 Å². The van der Waals surface area contributed by atoms with Gasteiger partial charge in [0.05, 0.1) is 12.6 Å². The van der Waals surface area contributed by atoms with Crippen LogP contribution in [-0.2, 0) is 0 Å². The van der Waals surface area contributed by atoms with Crippen LogP contribution in [-0.4, -0.2) is 50.9 Å². The summed E-state index contributed by atoms with van der Waals surface area (Å²) in [6, 6.07) is 4.09. The number of nitrogens with one attached hydrogen (secondary N) is 2. The highest BCUT2D eigenvalue weighted by molar-refractivity contribution is 7.14. The van der Waals surface area contributed by atoms with Gasteiger partial charge in [-0.05, 0) is 47.1 Å². The maximum absolute atomic E-state index is 12.3. The van der Waals surface area contributed by atoms with Crippen LogP contribution in [0.2, 0.25) is 0 Å². The summed E-state index contributed by atoms with van der Waals surface area (Å²) in [6.07, 6.45) is 2.05. The smallest absolute Gasteiger partial charge is 0.271 e. The fraction of sp³-hybridized carbons (Fsp3) is 0.550. The Bertz CT molecular complexity index is 912. The second-order valence-electron chi connectivity index (χ2n) is 8.35. The third-order valence-electron chi connectivity index (χ3n) is 4.50. The molecule has 3 heterocycles. The van der Waals surface area contributed by atoms with Crippen LogP contribution in [0.4, 0.5) is 10.9 Å². The number of carbonyl (C=O) groups excluding carboxylic acids is 1. The lowest BCUT2D eigenvalue weighted by Gasteiger charge is -2.30. The van der Waals surface area contributed by atoms with E-state index in [1.807, 2.05) is 33.8 Å². The van der Waals surface area contributed by atoms with Crippen molar-refractivity contribution in [1.29, 1.82) is 5.26 Å². The molecule has 1 atom stereocenters. The number of nitrogens with zero attached hydrogens (tertiary/aromatic N) is 5. The van der Waals surface area contributed by atoms with E-state index in [1.165, 1.54) is 11.3 Å². The standard InChI is InChI=1S/C20H27N7OS/c1-13-10-16(24-17(22-13)14-6-5-8-27(11-14)9-7-21)25-19-23-15(12-29-19)18(28)26-20(2,3)4/h10,12,14H,5-6,8-9,11H2,1-4H3,(H,26,28)(H,22,23,24,25)/t14-/m1/s1. The molecule has 0 bridgehead atoms. The molecule has 0 spiro atoms. The molecule has 9 heteroatoms. The molecule has 2 N–H and O–H groups in total. The molecule has 1 aliphatic rings. The molecule has 0 unspecified atom stereocenters. The number of amides is 1. The summed E-state index contributed by atoms with van der Waals surface area (Å²) in [6.45, 7) is 9.92. The van der Waals surface area contributed by atoms with Gasteiger partial charge in [-0.2, -0.15) is 5.26 Å². The van der Waals surface area contributed by atoms with Crippen LogP contribution in [0.1, 0.15) is 61.5 Å². The Morgan fingerprint density at radius 2 is 2.17 bits per heavy atom. The fourth-order valence-corrected chi connectivity index (χ4v) is 4.00. The molecule has 2 aromatic heterocycles. The van der Waals surface area contributed by atoms with Gasteiger partial charge in [-0.15, -0.1) is 11.3 Å². The van der Waals surface area contributed by atoms with E-state index in [2.05, 4.69) is 31.6 Å². The van der Waals surface area contributed by atoms with E-state index in [0.29, 0.717) is 23.2 Å². The molecule has 0 saturated carbocycles. The first-order chi connectivity index (χ1) is 13.7. The van der Waals surface area contributed by atoms with E-state index in [4.69, 9.17) is 10.2 Å². The van der Waals surface area contributed by atoms with E-state index >= 15 is 0 Å². The van der Waals surface area contributed by atoms with Crippen molar-refractivity contribution in [3.63, 3.8) is 0 Å². The van der Waals surface area contributed by atoms with Gasteiger partial charge >= 0.3 is 0 Å². The highest BCUT2D eigenvalue weighted by atomic mass is 32.1. The Kier molecular flexibility index (Phi) is 6.45. The van der Waals surface area contributed by atoms with Crippen molar-refractivity contribution < 1.29 is 4.79 Å². The summed E-state index contributed by atoms with van der Waals surface area (Å²) in [5.74, 6) is 1.47. The predicted octanol–water partition coefficient (Wildman–Crippen LogP) is 3.22. The van der Waals surface area contributed by atoms with Gasteiger partial charge in [-0.25, -0.2) is 15.0 Å². The minimum Gasteiger partial charge on any atom is -0.346 e. The highest BCUT2D eigenvalue weighted by Crippen LogP contribution is 2.27. The summed E-state index contributed by atoms with van der Waals surface area (Å²) in [4.78, 5) is 28.1. The molecule has 0 aromatic carbocycles. The molecule has 2 aromatic rings. The molecule has 3 rings (SSSR count). The van der Waals surface area contributed by atoms with Gasteiger partial charge in [-0.1, -0.05) is 0 Å². The average molecular weight is 414 g/mol. The Labute approximate surface area is 175 Å². The second kappa shape index (κ2) is 8.84. The van der Waals surface area contributed by atoms with Gasteiger partial charge in [-0.3, -0.25) is 9.69 Å². The predicted molar refractivity (Wildman–Crippen MR) is 113 cm³/mol. The number of likely N-dealkylation sites (tertiary alicyclic amines) is 1. The van der Waals surface area contributed by atoms with Gasteiger partial charge in [0, 0.05) is 35.1 Å². The molecule has 29 heavy (non-hydrogen) atoms. The topological polar surface area (TPSA) is 107 Å². The third kappa shape index (κ3) is 5.95. The lowest BCUT2D eigenvalue weighted by molar-refractivity contribution is 0.0915. The number of aromatic nitrogens is 3. The van der Waals surface area contributed by atoms with Crippen molar-refractivity contribution in [2.24, 2.45) is 0 Å². The van der Waals surface area contributed by atoms with Gasteiger partial charge in [0.15, 0.2) is 5.13 Å². The number of thiazole rings is 1. The molecule has 154 valence electrons. The lowest BCUT2D eigenvalue weighted by atomic mass is 9.97. The van der Waals surface area contributed by atoms with Gasteiger partial charge in [0.1, 0.15) is 17.3 Å². The van der Waals surface area contributed by atoms with E-state index in [9.17, 15) is 4.79 Å². The molecule has 1 aliphatic heterocycles. The van der Waals surface area contributed by atoms with Crippen molar-refractivity contribution >= 4 is 28.2 Å². The van der Waals surface area contributed by atoms with E-state index < -0.39 is 0 Å². The normalized spacial score (nSPS) is 17.6. The van der Waals surface area contributed by atoms with Crippen LogP contribution < -0.4 is 10.6 Å². The summed E-state index contributed by atoms with van der Waals surface area (Å²) in [7, 11) is 0. The number of carbonyl (C=O) groups is 1. The quantitative estimate of drug-likeness (QED) is 0.725. The SMILES string of the molecule is Cc1cc(Nc2nc(C(=O)NC(C)(C)C)cs2)nc([C@@H]2CCCN(CC#N)C2)n1. The van der Waals surface area contributed by atoms with Crippen LogP contribution in [0.25, 0.3) is 0 Å².